The van der Waals surface area contributed by atoms with Gasteiger partial charge in [0, 0.05) is 32.2 Å². The molecule has 0 aliphatic carbocycles. The fraction of sp³-hybridized carbons (Fsp3) is 0.529. The van der Waals surface area contributed by atoms with Crippen LogP contribution in [0.1, 0.15) is 31.7 Å². The van der Waals surface area contributed by atoms with Crippen molar-refractivity contribution in [3.8, 4) is 0 Å². The fourth-order valence-electron chi connectivity index (χ4n) is 3.94. The first kappa shape index (κ1) is 18.3. The van der Waals surface area contributed by atoms with Crippen LogP contribution in [0.15, 0.2) is 27.8 Å². The highest BCUT2D eigenvalue weighted by molar-refractivity contribution is 7.86. The number of aromatic nitrogens is 2. The molecule has 0 spiro atoms. The Bertz CT molecular complexity index is 1080. The molecule has 0 amide bonds. The van der Waals surface area contributed by atoms with Gasteiger partial charge in [-0.3, -0.25) is 9.36 Å². The minimum Gasteiger partial charge on any atom is -0.307 e. The summed E-state index contributed by atoms with van der Waals surface area (Å²) in [4.78, 5) is 27.7. The standard InChI is InChI=1S/C17H21FN4O4S/c18-12-3-4-15-14(11-12)16(23)22(17(24)19-15)13-5-9-21(10-6-13)27(25,26)20-7-1-2-8-20/h3-4,11,13H,1-2,5-10H2,(H,19,24). The molecule has 1 aromatic heterocycles. The van der Waals surface area contributed by atoms with Crippen molar-refractivity contribution in [2.75, 3.05) is 26.2 Å². The summed E-state index contributed by atoms with van der Waals surface area (Å²) in [6.45, 7) is 1.57. The van der Waals surface area contributed by atoms with Crippen LogP contribution in [0.3, 0.4) is 0 Å². The minimum absolute atomic E-state index is 0.113. The first-order valence-corrected chi connectivity index (χ1v) is 10.5. The summed E-state index contributed by atoms with van der Waals surface area (Å²) < 4.78 is 42.8. The zero-order valence-electron chi connectivity index (χ0n) is 14.7. The molecule has 8 nitrogen and oxygen atoms in total. The highest BCUT2D eigenvalue weighted by Crippen LogP contribution is 2.25. The van der Waals surface area contributed by atoms with Gasteiger partial charge in [0.05, 0.1) is 10.9 Å². The van der Waals surface area contributed by atoms with E-state index in [4.69, 9.17) is 0 Å². The van der Waals surface area contributed by atoms with Crippen LogP contribution in [0.5, 0.6) is 0 Å². The summed E-state index contributed by atoms with van der Waals surface area (Å²) >= 11 is 0. The van der Waals surface area contributed by atoms with Crippen LogP contribution < -0.4 is 11.2 Å². The highest BCUT2D eigenvalue weighted by Gasteiger charge is 2.35. The summed E-state index contributed by atoms with van der Waals surface area (Å²) in [6, 6.07) is 3.24. The zero-order chi connectivity index (χ0) is 19.2. The quantitative estimate of drug-likeness (QED) is 0.830. The Morgan fingerprint density at radius 3 is 2.30 bits per heavy atom. The number of H-pyrrole nitrogens is 1. The molecule has 0 radical (unpaired) electrons. The van der Waals surface area contributed by atoms with E-state index in [0.717, 1.165) is 23.5 Å². The van der Waals surface area contributed by atoms with E-state index in [-0.39, 0.29) is 24.0 Å². The molecular weight excluding hydrogens is 375 g/mol. The molecule has 0 unspecified atom stereocenters. The summed E-state index contributed by atoms with van der Waals surface area (Å²) in [5, 5.41) is 0.113. The maximum Gasteiger partial charge on any atom is 0.329 e. The van der Waals surface area contributed by atoms with Crippen LogP contribution in [0.4, 0.5) is 4.39 Å². The van der Waals surface area contributed by atoms with Gasteiger partial charge in [-0.2, -0.15) is 17.0 Å². The SMILES string of the molecule is O=c1[nH]c2ccc(F)cc2c(=O)n1C1CCN(S(=O)(=O)N2CCCC2)CC1. The Morgan fingerprint density at radius 2 is 1.63 bits per heavy atom. The number of hydrogen-bond donors (Lipinski definition) is 1. The van der Waals surface area contributed by atoms with Crippen LogP contribution >= 0.6 is 0 Å². The first-order chi connectivity index (χ1) is 12.9. The lowest BCUT2D eigenvalue weighted by molar-refractivity contribution is 0.253. The smallest absolute Gasteiger partial charge is 0.307 e. The maximum absolute atomic E-state index is 13.5. The lowest BCUT2D eigenvalue weighted by Crippen LogP contribution is -2.48. The van der Waals surface area contributed by atoms with Crippen molar-refractivity contribution in [2.24, 2.45) is 0 Å². The third kappa shape index (κ3) is 3.21. The van der Waals surface area contributed by atoms with Gasteiger partial charge in [0.2, 0.25) is 0 Å². The predicted octanol–water partition coefficient (Wildman–Crippen LogP) is 0.806. The van der Waals surface area contributed by atoms with Crippen LogP contribution in [-0.4, -0.2) is 52.8 Å². The van der Waals surface area contributed by atoms with Crippen molar-refractivity contribution in [1.82, 2.24) is 18.2 Å². The van der Waals surface area contributed by atoms with Gasteiger partial charge in [0.1, 0.15) is 5.82 Å². The van der Waals surface area contributed by atoms with Crippen LogP contribution in [0, 0.1) is 5.82 Å². The topological polar surface area (TPSA) is 95.5 Å². The van der Waals surface area contributed by atoms with Crippen molar-refractivity contribution < 1.29 is 12.8 Å². The van der Waals surface area contributed by atoms with E-state index in [2.05, 4.69) is 4.98 Å². The molecule has 2 fully saturated rings. The van der Waals surface area contributed by atoms with Gasteiger partial charge in [-0.25, -0.2) is 9.18 Å². The van der Waals surface area contributed by atoms with E-state index in [1.807, 2.05) is 0 Å². The Hall–Kier alpha value is -2.04. The van der Waals surface area contributed by atoms with Crippen molar-refractivity contribution in [2.45, 2.75) is 31.7 Å². The number of benzene rings is 1. The molecule has 4 rings (SSSR count). The van der Waals surface area contributed by atoms with Gasteiger partial charge in [0.15, 0.2) is 0 Å². The summed E-state index contributed by atoms with van der Waals surface area (Å²) in [5.74, 6) is -0.551. The second-order valence-electron chi connectivity index (χ2n) is 7.04. The largest absolute Gasteiger partial charge is 0.329 e. The van der Waals surface area contributed by atoms with E-state index in [0.29, 0.717) is 25.9 Å². The molecule has 0 bridgehead atoms. The molecule has 1 aromatic carbocycles. The Labute approximate surface area is 155 Å². The molecule has 0 saturated carbocycles. The lowest BCUT2D eigenvalue weighted by Gasteiger charge is -2.33. The first-order valence-electron chi connectivity index (χ1n) is 9.07. The molecule has 146 valence electrons. The van der Waals surface area contributed by atoms with E-state index < -0.39 is 33.3 Å². The van der Waals surface area contributed by atoms with Crippen molar-refractivity contribution in [3.63, 3.8) is 0 Å². The normalized spacial score (nSPS) is 20.5. The van der Waals surface area contributed by atoms with Crippen LogP contribution in [0.2, 0.25) is 0 Å². The number of halogens is 1. The molecular formula is C17H21FN4O4S. The third-order valence-electron chi connectivity index (χ3n) is 5.40. The van der Waals surface area contributed by atoms with E-state index in [9.17, 15) is 22.4 Å². The molecule has 2 saturated heterocycles. The minimum atomic E-state index is -3.48. The van der Waals surface area contributed by atoms with E-state index >= 15 is 0 Å². The average Bonchev–Trinajstić information content (AvgIpc) is 3.19. The summed E-state index contributed by atoms with van der Waals surface area (Å²) in [7, 11) is -3.48. The maximum atomic E-state index is 13.5. The molecule has 2 aliphatic heterocycles. The van der Waals surface area contributed by atoms with Crippen molar-refractivity contribution >= 4 is 21.1 Å². The third-order valence-corrected chi connectivity index (χ3v) is 7.43. The van der Waals surface area contributed by atoms with Crippen LogP contribution in [-0.2, 0) is 10.2 Å². The molecule has 2 aromatic rings. The second kappa shape index (κ2) is 6.84. The summed E-state index contributed by atoms with van der Waals surface area (Å²) in [6.07, 6.45) is 2.45. The number of rotatable bonds is 3. The number of hydrogen-bond acceptors (Lipinski definition) is 4. The summed E-state index contributed by atoms with van der Waals surface area (Å²) in [5.41, 5.74) is -0.814. The molecule has 0 atom stereocenters. The van der Waals surface area contributed by atoms with Crippen molar-refractivity contribution in [3.05, 3.63) is 44.9 Å². The second-order valence-corrected chi connectivity index (χ2v) is 8.97. The number of nitrogens with one attached hydrogen (secondary N) is 1. The number of piperidine rings is 1. The Kier molecular flexibility index (Phi) is 4.65. The Balaban J connectivity index is 1.60. The number of aromatic amines is 1. The van der Waals surface area contributed by atoms with E-state index in [1.54, 1.807) is 0 Å². The number of nitrogens with zero attached hydrogens (tertiary/aromatic N) is 3. The lowest BCUT2D eigenvalue weighted by atomic mass is 10.1. The molecule has 3 heterocycles. The fourth-order valence-corrected chi connectivity index (χ4v) is 5.66. The highest BCUT2D eigenvalue weighted by atomic mass is 32.2. The van der Waals surface area contributed by atoms with Gasteiger partial charge in [-0.15, -0.1) is 0 Å². The van der Waals surface area contributed by atoms with Crippen molar-refractivity contribution in [1.29, 1.82) is 0 Å². The van der Waals surface area contributed by atoms with E-state index in [1.165, 1.54) is 20.7 Å². The molecule has 10 heteroatoms. The molecule has 27 heavy (non-hydrogen) atoms. The number of fused-ring (bicyclic) bond motifs is 1. The monoisotopic (exact) mass is 396 g/mol. The van der Waals surface area contributed by atoms with Gasteiger partial charge in [-0.1, -0.05) is 0 Å². The predicted molar refractivity (Wildman–Crippen MR) is 98.4 cm³/mol. The van der Waals surface area contributed by atoms with Crippen LogP contribution in [0.25, 0.3) is 10.9 Å². The van der Waals surface area contributed by atoms with Gasteiger partial charge in [-0.05, 0) is 43.9 Å². The molecule has 1 N–H and O–H groups in total. The average molecular weight is 396 g/mol. The van der Waals surface area contributed by atoms with Gasteiger partial charge in [0.25, 0.3) is 15.8 Å². The van der Waals surface area contributed by atoms with Gasteiger partial charge >= 0.3 is 5.69 Å². The molecule has 2 aliphatic rings. The Morgan fingerprint density at radius 1 is 1.00 bits per heavy atom. The zero-order valence-corrected chi connectivity index (χ0v) is 15.5. The van der Waals surface area contributed by atoms with Gasteiger partial charge < -0.3 is 4.98 Å².